The van der Waals surface area contributed by atoms with Gasteiger partial charge in [0.1, 0.15) is 3.70 Å². The van der Waals surface area contributed by atoms with Crippen LogP contribution in [0.4, 0.5) is 5.69 Å². The molecule has 0 radical (unpaired) electrons. The SMILES string of the molecule is Cc1ccc2c(c1)[C@]1(C[C@H]1c1ccc3c(I)[nH]nc3c1)C(=O)N2. The third-order valence-corrected chi connectivity index (χ3v) is 6.03. The maximum Gasteiger partial charge on any atom is 0.235 e. The molecule has 23 heavy (non-hydrogen) atoms. The Labute approximate surface area is 146 Å². The van der Waals surface area contributed by atoms with Crippen LogP contribution in [0.2, 0.25) is 0 Å². The molecule has 1 spiro atoms. The molecule has 2 aromatic carbocycles. The van der Waals surface area contributed by atoms with Crippen molar-refractivity contribution in [2.45, 2.75) is 24.7 Å². The van der Waals surface area contributed by atoms with E-state index in [1.807, 2.05) is 12.1 Å². The van der Waals surface area contributed by atoms with Crippen LogP contribution in [-0.4, -0.2) is 16.1 Å². The number of benzene rings is 2. The van der Waals surface area contributed by atoms with Crippen LogP contribution in [0.5, 0.6) is 0 Å². The van der Waals surface area contributed by atoms with Crippen LogP contribution in [0.25, 0.3) is 10.9 Å². The summed E-state index contributed by atoms with van der Waals surface area (Å²) in [6.07, 6.45) is 0.877. The first kappa shape index (κ1) is 13.5. The molecule has 2 heterocycles. The number of carbonyl (C=O) groups excluding carboxylic acids is 1. The number of anilines is 1. The molecule has 0 bridgehead atoms. The summed E-state index contributed by atoms with van der Waals surface area (Å²) < 4.78 is 1.05. The highest BCUT2D eigenvalue weighted by atomic mass is 127. The highest BCUT2D eigenvalue weighted by Crippen LogP contribution is 2.65. The van der Waals surface area contributed by atoms with E-state index in [-0.39, 0.29) is 17.2 Å². The zero-order valence-corrected chi connectivity index (χ0v) is 14.6. The Hall–Kier alpha value is -1.89. The van der Waals surface area contributed by atoms with Crippen LogP contribution in [0.15, 0.2) is 36.4 Å². The van der Waals surface area contributed by atoms with Crippen molar-refractivity contribution >= 4 is 45.1 Å². The number of hydrogen-bond donors (Lipinski definition) is 2. The third kappa shape index (κ3) is 1.71. The fourth-order valence-corrected chi connectivity index (χ4v) is 4.50. The lowest BCUT2D eigenvalue weighted by Gasteiger charge is -2.09. The molecular weight excluding hydrogens is 401 g/mol. The van der Waals surface area contributed by atoms with E-state index >= 15 is 0 Å². The second kappa shape index (κ2) is 4.35. The van der Waals surface area contributed by atoms with Crippen molar-refractivity contribution in [3.05, 3.63) is 56.8 Å². The molecule has 1 amide bonds. The van der Waals surface area contributed by atoms with Gasteiger partial charge in [-0.15, -0.1) is 0 Å². The summed E-state index contributed by atoms with van der Waals surface area (Å²) in [6.45, 7) is 2.08. The van der Waals surface area contributed by atoms with Gasteiger partial charge < -0.3 is 5.32 Å². The Morgan fingerprint density at radius 2 is 2.13 bits per heavy atom. The highest BCUT2D eigenvalue weighted by Gasteiger charge is 2.65. The number of carbonyl (C=O) groups is 1. The van der Waals surface area contributed by atoms with Gasteiger partial charge in [-0.25, -0.2) is 0 Å². The highest BCUT2D eigenvalue weighted by molar-refractivity contribution is 14.1. The monoisotopic (exact) mass is 415 g/mol. The molecule has 1 aliphatic heterocycles. The minimum absolute atomic E-state index is 0.139. The maximum atomic E-state index is 12.6. The van der Waals surface area contributed by atoms with Crippen molar-refractivity contribution in [1.82, 2.24) is 10.2 Å². The average molecular weight is 415 g/mol. The van der Waals surface area contributed by atoms with Gasteiger partial charge in [-0.05, 0) is 65.3 Å². The Kier molecular flexibility index (Phi) is 2.56. The summed E-state index contributed by atoms with van der Waals surface area (Å²) in [6, 6.07) is 12.6. The van der Waals surface area contributed by atoms with E-state index in [4.69, 9.17) is 0 Å². The second-order valence-electron chi connectivity index (χ2n) is 6.55. The summed E-state index contributed by atoms with van der Waals surface area (Å²) in [5.41, 5.74) is 5.12. The van der Waals surface area contributed by atoms with Gasteiger partial charge in [-0.3, -0.25) is 9.89 Å². The number of hydrogen-bond acceptors (Lipinski definition) is 2. The lowest BCUT2D eigenvalue weighted by Crippen LogP contribution is -2.21. The van der Waals surface area contributed by atoms with E-state index in [0.717, 1.165) is 32.3 Å². The molecule has 0 unspecified atom stereocenters. The summed E-state index contributed by atoms with van der Waals surface area (Å²) in [4.78, 5) is 12.6. The number of aromatic nitrogens is 2. The van der Waals surface area contributed by atoms with E-state index in [1.165, 1.54) is 11.1 Å². The van der Waals surface area contributed by atoms with Gasteiger partial charge in [-0.2, -0.15) is 5.10 Å². The molecule has 1 aliphatic carbocycles. The van der Waals surface area contributed by atoms with Crippen molar-refractivity contribution in [3.63, 3.8) is 0 Å². The Morgan fingerprint density at radius 3 is 3.00 bits per heavy atom. The molecule has 2 N–H and O–H groups in total. The number of amides is 1. The van der Waals surface area contributed by atoms with E-state index < -0.39 is 0 Å². The van der Waals surface area contributed by atoms with Crippen LogP contribution >= 0.6 is 22.6 Å². The summed E-state index contributed by atoms with van der Waals surface area (Å²) in [5, 5.41) is 11.6. The predicted molar refractivity (Wildman–Crippen MR) is 97.7 cm³/mol. The molecule has 5 rings (SSSR count). The van der Waals surface area contributed by atoms with Gasteiger partial charge in [0.25, 0.3) is 0 Å². The maximum absolute atomic E-state index is 12.6. The molecule has 5 heteroatoms. The quantitative estimate of drug-likeness (QED) is 0.594. The zero-order chi connectivity index (χ0) is 15.8. The molecular formula is C18H14IN3O. The van der Waals surface area contributed by atoms with Crippen LogP contribution < -0.4 is 5.32 Å². The molecule has 2 atom stereocenters. The van der Waals surface area contributed by atoms with Crippen molar-refractivity contribution in [1.29, 1.82) is 0 Å². The Balaban J connectivity index is 1.62. The molecule has 4 nitrogen and oxygen atoms in total. The van der Waals surface area contributed by atoms with E-state index in [1.54, 1.807) is 0 Å². The lowest BCUT2D eigenvalue weighted by molar-refractivity contribution is -0.118. The van der Waals surface area contributed by atoms with Gasteiger partial charge in [0, 0.05) is 17.0 Å². The number of nitrogens with zero attached hydrogens (tertiary/aromatic N) is 1. The average Bonchev–Trinajstić information content (AvgIpc) is 3.12. The van der Waals surface area contributed by atoms with Crippen LogP contribution in [0.1, 0.15) is 29.0 Å². The fraction of sp³-hybridized carbons (Fsp3) is 0.222. The van der Waals surface area contributed by atoms with E-state index in [0.29, 0.717) is 0 Å². The molecule has 0 saturated heterocycles. The number of aromatic amines is 1. The minimum atomic E-state index is -0.376. The van der Waals surface area contributed by atoms with Crippen molar-refractivity contribution in [2.24, 2.45) is 0 Å². The van der Waals surface area contributed by atoms with E-state index in [2.05, 4.69) is 69.3 Å². The van der Waals surface area contributed by atoms with Gasteiger partial charge in [0.05, 0.1) is 10.9 Å². The van der Waals surface area contributed by atoms with Gasteiger partial charge in [0.15, 0.2) is 0 Å². The number of fused-ring (bicyclic) bond motifs is 3. The normalized spacial score (nSPS) is 25.0. The van der Waals surface area contributed by atoms with E-state index in [9.17, 15) is 4.79 Å². The van der Waals surface area contributed by atoms with Crippen LogP contribution in [-0.2, 0) is 10.2 Å². The molecule has 3 aromatic rings. The van der Waals surface area contributed by atoms with Crippen molar-refractivity contribution in [2.75, 3.05) is 5.32 Å². The molecule has 114 valence electrons. The second-order valence-corrected chi connectivity index (χ2v) is 7.62. The fourth-order valence-electron chi connectivity index (χ4n) is 3.92. The molecule has 2 aliphatic rings. The molecule has 1 aromatic heterocycles. The first-order valence-electron chi connectivity index (χ1n) is 7.66. The van der Waals surface area contributed by atoms with Crippen molar-refractivity contribution < 1.29 is 4.79 Å². The summed E-state index contributed by atoms with van der Waals surface area (Å²) in [5.74, 6) is 0.379. The minimum Gasteiger partial charge on any atom is -0.325 e. The topological polar surface area (TPSA) is 57.8 Å². The van der Waals surface area contributed by atoms with Crippen LogP contribution in [0.3, 0.4) is 0 Å². The predicted octanol–water partition coefficient (Wildman–Crippen LogP) is 3.85. The smallest absolute Gasteiger partial charge is 0.235 e. The molecule has 1 saturated carbocycles. The number of H-pyrrole nitrogens is 1. The Morgan fingerprint density at radius 1 is 1.26 bits per heavy atom. The third-order valence-electron chi connectivity index (χ3n) is 5.21. The Bertz CT molecular complexity index is 993. The largest absolute Gasteiger partial charge is 0.325 e. The first-order chi connectivity index (χ1) is 11.1. The number of aryl methyl sites for hydroxylation is 1. The van der Waals surface area contributed by atoms with Gasteiger partial charge in [0.2, 0.25) is 5.91 Å². The number of nitrogens with one attached hydrogen (secondary N) is 2. The molecule has 1 fully saturated rings. The number of rotatable bonds is 1. The summed E-state index contributed by atoms with van der Waals surface area (Å²) in [7, 11) is 0. The zero-order valence-electron chi connectivity index (χ0n) is 12.5. The van der Waals surface area contributed by atoms with Crippen LogP contribution in [0, 0.1) is 10.6 Å². The van der Waals surface area contributed by atoms with Gasteiger partial charge in [-0.1, -0.05) is 23.8 Å². The first-order valence-corrected chi connectivity index (χ1v) is 8.73. The van der Waals surface area contributed by atoms with Crippen molar-refractivity contribution in [3.8, 4) is 0 Å². The standard InChI is InChI=1S/C18H14IN3O/c1-9-2-5-14-12(6-9)18(17(23)20-14)8-13(18)10-3-4-11-15(7-10)21-22-16(11)19/h2-7,13H,8H2,1H3,(H,20,23)(H,21,22)/t13-,18-/m0/s1. The number of halogens is 1. The lowest BCUT2D eigenvalue weighted by atomic mass is 9.91. The van der Waals surface area contributed by atoms with Gasteiger partial charge >= 0.3 is 0 Å². The summed E-state index contributed by atoms with van der Waals surface area (Å²) >= 11 is 2.25.